The smallest absolute Gasteiger partial charge is 0.331 e. The molecule has 0 fully saturated rings. The van der Waals surface area contributed by atoms with Crippen molar-refractivity contribution in [1.29, 1.82) is 4.78 Å². The largest absolute Gasteiger partial charge is 0.472 e. The molecule has 5 rings (SSSR count). The average molecular weight is 401 g/mol. The molecule has 1 aromatic heterocycles. The minimum absolute atomic E-state index is 0.0963. The zero-order chi connectivity index (χ0) is 19.5. The predicted molar refractivity (Wildman–Crippen MR) is 104 cm³/mol. The summed E-state index contributed by atoms with van der Waals surface area (Å²) in [4.78, 5) is 12.8. The first-order valence-corrected chi connectivity index (χ1v) is 11.2. The number of aryl methyl sites for hydroxylation is 2. The number of hydrogen-bond donors (Lipinski definition) is 3. The highest BCUT2D eigenvalue weighted by Crippen LogP contribution is 2.38. The Morgan fingerprint density at radius 2 is 1.93 bits per heavy atom. The number of ether oxygens (including phenoxy) is 1. The molecule has 1 unspecified atom stereocenters. The summed E-state index contributed by atoms with van der Waals surface area (Å²) in [6, 6.07) is 1.66. The first-order valence-electron chi connectivity index (χ1n) is 9.69. The maximum absolute atomic E-state index is 12.9. The molecule has 8 nitrogen and oxygen atoms in total. The maximum Gasteiger partial charge on any atom is 0.331 e. The number of nitrogens with one attached hydrogen (secondary N) is 3. The number of carbonyl (C=O) groups excluding carboxylic acids is 1. The Bertz CT molecular complexity index is 1060. The van der Waals surface area contributed by atoms with Gasteiger partial charge in [0.25, 0.3) is 0 Å². The molecule has 0 bridgehead atoms. The van der Waals surface area contributed by atoms with Crippen molar-refractivity contribution in [3.63, 3.8) is 0 Å². The number of aromatic nitrogens is 2. The highest BCUT2D eigenvalue weighted by atomic mass is 32.2. The molecule has 2 aliphatic carbocycles. The molecule has 3 aliphatic rings. The number of urea groups is 1. The monoisotopic (exact) mass is 401 g/mol. The van der Waals surface area contributed by atoms with Crippen LogP contribution in [-0.4, -0.2) is 26.1 Å². The molecule has 2 amide bonds. The van der Waals surface area contributed by atoms with E-state index in [1.807, 2.05) is 6.92 Å². The number of hydrogen-bond acceptors (Lipinski definition) is 5. The van der Waals surface area contributed by atoms with Crippen molar-refractivity contribution < 1.29 is 13.7 Å². The Balaban J connectivity index is 1.41. The van der Waals surface area contributed by atoms with Gasteiger partial charge in [0.1, 0.15) is 11.0 Å². The predicted octanol–water partition coefficient (Wildman–Crippen LogP) is 2.78. The Hall–Kier alpha value is -2.55. The van der Waals surface area contributed by atoms with E-state index in [0.29, 0.717) is 12.4 Å². The van der Waals surface area contributed by atoms with Crippen LogP contribution in [0.1, 0.15) is 42.0 Å². The molecule has 28 heavy (non-hydrogen) atoms. The van der Waals surface area contributed by atoms with Gasteiger partial charge in [0, 0.05) is 5.69 Å². The summed E-state index contributed by atoms with van der Waals surface area (Å²) in [5, 5.41) is 7.04. The molecule has 2 atom stereocenters. The molecule has 1 aromatic carbocycles. The van der Waals surface area contributed by atoms with Crippen LogP contribution in [0, 0.1) is 4.78 Å². The van der Waals surface area contributed by atoms with Crippen LogP contribution in [-0.2, 0) is 42.1 Å². The van der Waals surface area contributed by atoms with Gasteiger partial charge in [-0.05, 0) is 67.7 Å². The van der Waals surface area contributed by atoms with E-state index in [1.54, 1.807) is 4.68 Å². The van der Waals surface area contributed by atoms with Crippen molar-refractivity contribution >= 4 is 21.6 Å². The van der Waals surface area contributed by atoms with Crippen LogP contribution in [0.4, 0.5) is 10.5 Å². The van der Waals surface area contributed by atoms with Crippen molar-refractivity contribution in [2.24, 2.45) is 0 Å². The van der Waals surface area contributed by atoms with E-state index in [-0.39, 0.29) is 11.0 Å². The van der Waals surface area contributed by atoms with Crippen LogP contribution in [0.25, 0.3) is 0 Å². The van der Waals surface area contributed by atoms with Crippen molar-refractivity contribution in [3.05, 3.63) is 34.5 Å². The minimum Gasteiger partial charge on any atom is -0.472 e. The quantitative estimate of drug-likeness (QED) is 0.735. The zero-order valence-electron chi connectivity index (χ0n) is 15.7. The summed E-state index contributed by atoms with van der Waals surface area (Å²) < 4.78 is 30.7. The van der Waals surface area contributed by atoms with Gasteiger partial charge in [0.15, 0.2) is 9.92 Å². The van der Waals surface area contributed by atoms with Crippen LogP contribution in [0.3, 0.4) is 0 Å². The summed E-state index contributed by atoms with van der Waals surface area (Å²) in [6.45, 7) is 2.42. The number of benzene rings is 1. The second-order valence-electron chi connectivity index (χ2n) is 7.77. The third-order valence-electron chi connectivity index (χ3n) is 5.76. The fourth-order valence-corrected chi connectivity index (χ4v) is 5.58. The van der Waals surface area contributed by atoms with E-state index in [9.17, 15) is 9.00 Å². The lowest BCUT2D eigenvalue weighted by atomic mass is 9.99. The molecule has 0 saturated carbocycles. The Morgan fingerprint density at radius 1 is 1.25 bits per heavy atom. The van der Waals surface area contributed by atoms with Gasteiger partial charge >= 0.3 is 6.03 Å². The minimum atomic E-state index is -3.58. The lowest BCUT2D eigenvalue weighted by Crippen LogP contribution is -2.34. The number of carbonyl (C=O) groups is 1. The van der Waals surface area contributed by atoms with E-state index >= 15 is 0 Å². The molecule has 2 heterocycles. The number of rotatable bonds is 3. The van der Waals surface area contributed by atoms with Crippen LogP contribution < -0.4 is 14.8 Å². The van der Waals surface area contributed by atoms with Gasteiger partial charge in [-0.2, -0.15) is 5.10 Å². The van der Waals surface area contributed by atoms with Crippen molar-refractivity contribution in [1.82, 2.24) is 14.5 Å². The van der Waals surface area contributed by atoms with Gasteiger partial charge in [0.05, 0.1) is 12.7 Å². The SMILES string of the molecule is C[C@H]1Cn2ncc(S(=N)(=O)NC(=O)Nc3c4c(cc5c3CCC5)CCC4)c2O1. The standard InChI is InChI=1S/C19H23N5O3S/c1-11-10-24-18(27-11)16(9-21-24)28(20,26)23-19(25)22-17-14-6-2-4-12(14)8-13-5-3-7-15(13)17/h8-9,11H,2-7,10H2,1H3,(H3,20,22,23,25,26)/t11-,28?/m0/s1. The number of anilines is 1. The molecular formula is C19H23N5O3S. The van der Waals surface area contributed by atoms with Gasteiger partial charge in [-0.3, -0.25) is 0 Å². The highest BCUT2D eigenvalue weighted by Gasteiger charge is 2.30. The molecule has 2 aromatic rings. The summed E-state index contributed by atoms with van der Waals surface area (Å²) in [5.74, 6) is 0.300. The second kappa shape index (κ2) is 6.23. The third kappa shape index (κ3) is 2.76. The topological polar surface area (TPSA) is 109 Å². The van der Waals surface area contributed by atoms with Crippen LogP contribution in [0.15, 0.2) is 17.2 Å². The van der Waals surface area contributed by atoms with E-state index in [1.165, 1.54) is 28.5 Å². The first kappa shape index (κ1) is 17.5. The third-order valence-corrected chi connectivity index (χ3v) is 7.13. The number of amides is 2. The maximum atomic E-state index is 12.9. The normalized spacial score (nSPS) is 21.4. The van der Waals surface area contributed by atoms with Crippen LogP contribution in [0.5, 0.6) is 5.88 Å². The van der Waals surface area contributed by atoms with Crippen LogP contribution >= 0.6 is 0 Å². The lowest BCUT2D eigenvalue weighted by molar-refractivity contribution is 0.248. The van der Waals surface area contributed by atoms with E-state index < -0.39 is 15.9 Å². The van der Waals surface area contributed by atoms with Gasteiger partial charge in [-0.1, -0.05) is 6.07 Å². The summed E-state index contributed by atoms with van der Waals surface area (Å²) in [6.07, 6.45) is 7.37. The summed E-state index contributed by atoms with van der Waals surface area (Å²) in [7, 11) is -3.58. The fraction of sp³-hybridized carbons (Fsp3) is 0.474. The van der Waals surface area contributed by atoms with Crippen molar-refractivity contribution in [2.45, 2.75) is 63.0 Å². The van der Waals surface area contributed by atoms with Crippen molar-refractivity contribution in [3.8, 4) is 5.88 Å². The molecule has 9 heteroatoms. The average Bonchev–Trinajstić information content (AvgIpc) is 3.35. The second-order valence-corrected chi connectivity index (χ2v) is 9.53. The molecule has 0 spiro atoms. The van der Waals surface area contributed by atoms with Gasteiger partial charge in [0.2, 0.25) is 5.88 Å². The van der Waals surface area contributed by atoms with Crippen molar-refractivity contribution in [2.75, 3.05) is 5.32 Å². The van der Waals surface area contributed by atoms with E-state index in [0.717, 1.165) is 44.2 Å². The fourth-order valence-electron chi connectivity index (χ4n) is 4.57. The first-order chi connectivity index (χ1) is 13.4. The van der Waals surface area contributed by atoms with Gasteiger partial charge in [-0.25, -0.2) is 23.2 Å². The van der Waals surface area contributed by atoms with Gasteiger partial charge in [-0.15, -0.1) is 0 Å². The van der Waals surface area contributed by atoms with E-state index in [4.69, 9.17) is 9.52 Å². The number of nitrogens with zero attached hydrogens (tertiary/aromatic N) is 2. The summed E-state index contributed by atoms with van der Waals surface area (Å²) in [5.41, 5.74) is 5.85. The molecular weight excluding hydrogens is 378 g/mol. The van der Waals surface area contributed by atoms with Gasteiger partial charge < -0.3 is 10.1 Å². The number of fused-ring (bicyclic) bond motifs is 3. The molecule has 3 N–H and O–H groups in total. The molecule has 1 aliphatic heterocycles. The molecule has 0 saturated heterocycles. The summed E-state index contributed by atoms with van der Waals surface area (Å²) >= 11 is 0. The molecule has 0 radical (unpaired) electrons. The van der Waals surface area contributed by atoms with E-state index in [2.05, 4.69) is 21.2 Å². The Kier molecular flexibility index (Phi) is 3.90. The van der Waals surface area contributed by atoms with Crippen LogP contribution in [0.2, 0.25) is 0 Å². The highest BCUT2D eigenvalue weighted by molar-refractivity contribution is 7.91. The zero-order valence-corrected chi connectivity index (χ0v) is 16.5. The Labute approximate surface area is 163 Å². The lowest BCUT2D eigenvalue weighted by Gasteiger charge is -2.17. The Morgan fingerprint density at radius 3 is 2.61 bits per heavy atom. The molecule has 148 valence electrons.